The molecule has 1 saturated heterocycles. The van der Waals surface area contributed by atoms with Crippen LogP contribution in [0.2, 0.25) is 0 Å². The highest BCUT2D eigenvalue weighted by Crippen LogP contribution is 2.07. The number of nitrogens with one attached hydrogen (secondary N) is 1. The standard InChI is InChI=1S/C11H17N5O3/c12-10(17)8-1-3-15(4-2-8)5-6-16-7-9(11(18)19)13-14-16/h7-8H,1-6H2,(H2,12,17)(H,18,19). The second-order valence-corrected chi connectivity index (χ2v) is 4.83. The molecule has 1 aliphatic rings. The Labute approximate surface area is 110 Å². The predicted octanol–water partition coefficient (Wildman–Crippen LogP) is -3.58. The number of carbonyl (C=O) groups excluding carboxylic acids is 2. The molecule has 1 fully saturated rings. The molecule has 1 aliphatic heterocycles. The molecule has 3 N–H and O–H groups in total. The average molecular weight is 267 g/mol. The smallest absolute Gasteiger partial charge is 0.220 e. The minimum atomic E-state index is -1.32. The van der Waals surface area contributed by atoms with Crippen LogP contribution in [0.15, 0.2) is 6.20 Å². The van der Waals surface area contributed by atoms with Crippen LogP contribution in [0, 0.1) is 5.92 Å². The van der Waals surface area contributed by atoms with Gasteiger partial charge < -0.3 is 20.5 Å². The van der Waals surface area contributed by atoms with Crippen LogP contribution in [0.5, 0.6) is 0 Å². The number of hydrogen-bond acceptors (Lipinski definition) is 5. The van der Waals surface area contributed by atoms with Gasteiger partial charge >= 0.3 is 0 Å². The fourth-order valence-electron chi connectivity index (χ4n) is 2.33. The Bertz CT molecular complexity index is 465. The van der Waals surface area contributed by atoms with Gasteiger partial charge in [-0.15, -0.1) is 5.10 Å². The Balaban J connectivity index is 1.77. The number of likely N-dealkylation sites (tertiary alicyclic amines) is 1. The molecule has 0 aromatic carbocycles. The van der Waals surface area contributed by atoms with Crippen molar-refractivity contribution in [1.82, 2.24) is 15.0 Å². The van der Waals surface area contributed by atoms with Crippen molar-refractivity contribution in [1.29, 1.82) is 0 Å². The van der Waals surface area contributed by atoms with Gasteiger partial charge in [-0.3, -0.25) is 4.79 Å². The summed E-state index contributed by atoms with van der Waals surface area (Å²) in [6, 6.07) is 0. The van der Waals surface area contributed by atoms with Crippen LogP contribution < -0.4 is 15.7 Å². The molecule has 0 atom stereocenters. The third kappa shape index (κ3) is 3.50. The van der Waals surface area contributed by atoms with Crippen molar-refractivity contribution in [3.8, 4) is 0 Å². The summed E-state index contributed by atoms with van der Waals surface area (Å²) in [5.74, 6) is -1.53. The van der Waals surface area contributed by atoms with Crippen LogP contribution in [0.1, 0.15) is 23.3 Å². The molecule has 8 heteroatoms. The lowest BCUT2D eigenvalue weighted by atomic mass is 9.96. The molecule has 0 saturated carbocycles. The first-order valence-electron chi connectivity index (χ1n) is 6.30. The molecule has 1 aromatic rings. The van der Waals surface area contributed by atoms with Gasteiger partial charge in [0.05, 0.1) is 38.3 Å². The minimum Gasteiger partial charge on any atom is -0.543 e. The van der Waals surface area contributed by atoms with Crippen LogP contribution in [0.4, 0.5) is 0 Å². The number of rotatable bonds is 5. The lowest BCUT2D eigenvalue weighted by Gasteiger charge is -2.27. The normalized spacial score (nSPS) is 23.2. The Morgan fingerprint density at radius 1 is 1.47 bits per heavy atom. The first-order valence-corrected chi connectivity index (χ1v) is 6.30. The fraction of sp³-hybridized carbons (Fsp3) is 0.636. The number of piperidine rings is 1. The number of carboxylic acids is 1. The van der Waals surface area contributed by atoms with Crippen molar-refractivity contribution >= 4 is 11.9 Å². The largest absolute Gasteiger partial charge is 0.543 e. The zero-order chi connectivity index (χ0) is 13.8. The van der Waals surface area contributed by atoms with Gasteiger partial charge in [-0.1, -0.05) is 5.21 Å². The molecule has 0 bridgehead atoms. The van der Waals surface area contributed by atoms with E-state index in [2.05, 4.69) is 10.3 Å². The SMILES string of the molecule is NC(=O)C1CC[NH+](CCn2cc(C(=O)[O-])nn2)CC1. The van der Waals surface area contributed by atoms with Crippen molar-refractivity contribution in [3.63, 3.8) is 0 Å². The molecular formula is C11H17N5O3. The summed E-state index contributed by atoms with van der Waals surface area (Å²) >= 11 is 0. The van der Waals surface area contributed by atoms with E-state index in [1.165, 1.54) is 15.8 Å². The molecule has 0 unspecified atom stereocenters. The number of nitrogens with zero attached hydrogens (tertiary/aromatic N) is 3. The second-order valence-electron chi connectivity index (χ2n) is 4.83. The van der Waals surface area contributed by atoms with Crippen molar-refractivity contribution < 1.29 is 19.6 Å². The third-order valence-electron chi connectivity index (χ3n) is 3.54. The second kappa shape index (κ2) is 5.79. The number of aromatic carboxylic acids is 1. The Kier molecular flexibility index (Phi) is 4.10. The summed E-state index contributed by atoms with van der Waals surface area (Å²) in [6.07, 6.45) is 2.99. The van der Waals surface area contributed by atoms with Crippen molar-refractivity contribution in [2.24, 2.45) is 11.7 Å². The maximum atomic E-state index is 11.0. The predicted molar refractivity (Wildman–Crippen MR) is 61.8 cm³/mol. The highest BCUT2D eigenvalue weighted by molar-refractivity contribution is 5.82. The maximum absolute atomic E-state index is 11.0. The summed E-state index contributed by atoms with van der Waals surface area (Å²) in [6.45, 7) is 3.21. The van der Waals surface area contributed by atoms with E-state index >= 15 is 0 Å². The molecule has 8 nitrogen and oxygen atoms in total. The van der Waals surface area contributed by atoms with E-state index in [-0.39, 0.29) is 17.5 Å². The van der Waals surface area contributed by atoms with E-state index in [9.17, 15) is 14.7 Å². The van der Waals surface area contributed by atoms with Crippen LogP contribution in [-0.4, -0.2) is 46.5 Å². The van der Waals surface area contributed by atoms with Gasteiger partial charge in [0, 0.05) is 18.8 Å². The number of quaternary nitrogens is 1. The van der Waals surface area contributed by atoms with Crippen LogP contribution in [0.3, 0.4) is 0 Å². The number of amides is 1. The number of hydrogen-bond donors (Lipinski definition) is 2. The zero-order valence-corrected chi connectivity index (χ0v) is 10.5. The monoisotopic (exact) mass is 267 g/mol. The number of carboxylic acid groups (broad SMARTS) is 1. The molecule has 0 spiro atoms. The van der Waals surface area contributed by atoms with E-state index in [0.717, 1.165) is 32.5 Å². The van der Waals surface area contributed by atoms with Gasteiger partial charge in [-0.2, -0.15) is 0 Å². The minimum absolute atomic E-state index is 0.000178. The Hall–Kier alpha value is -1.96. The summed E-state index contributed by atoms with van der Waals surface area (Å²) in [4.78, 5) is 22.9. The molecule has 19 heavy (non-hydrogen) atoms. The van der Waals surface area contributed by atoms with Crippen LogP contribution in [-0.2, 0) is 11.3 Å². The molecule has 0 aliphatic carbocycles. The summed E-state index contributed by atoms with van der Waals surface area (Å²) in [5, 5.41) is 17.8. The van der Waals surface area contributed by atoms with Gasteiger partial charge in [0.25, 0.3) is 0 Å². The van der Waals surface area contributed by atoms with Crippen LogP contribution in [0.25, 0.3) is 0 Å². The van der Waals surface area contributed by atoms with Crippen molar-refractivity contribution in [2.75, 3.05) is 19.6 Å². The number of carbonyl (C=O) groups is 2. The highest BCUT2D eigenvalue weighted by atomic mass is 16.4. The summed E-state index contributed by atoms with van der Waals surface area (Å²) < 4.78 is 1.50. The van der Waals surface area contributed by atoms with Crippen LogP contribution >= 0.6 is 0 Å². The van der Waals surface area contributed by atoms with E-state index in [1.807, 2.05) is 0 Å². The fourth-order valence-corrected chi connectivity index (χ4v) is 2.33. The maximum Gasteiger partial charge on any atom is 0.220 e. The first-order chi connectivity index (χ1) is 9.06. The van der Waals surface area contributed by atoms with E-state index in [0.29, 0.717) is 6.54 Å². The molecule has 0 radical (unpaired) electrons. The summed E-state index contributed by atoms with van der Waals surface area (Å²) in [7, 11) is 0. The molecule has 1 aromatic heterocycles. The van der Waals surface area contributed by atoms with E-state index < -0.39 is 5.97 Å². The lowest BCUT2D eigenvalue weighted by Crippen LogP contribution is -3.13. The third-order valence-corrected chi connectivity index (χ3v) is 3.54. The van der Waals surface area contributed by atoms with Crippen molar-refractivity contribution in [3.05, 3.63) is 11.9 Å². The highest BCUT2D eigenvalue weighted by Gasteiger charge is 2.25. The first kappa shape index (κ1) is 13.5. The molecular weight excluding hydrogens is 250 g/mol. The topological polar surface area (TPSA) is 118 Å². The molecule has 104 valence electrons. The van der Waals surface area contributed by atoms with Crippen molar-refractivity contribution in [2.45, 2.75) is 19.4 Å². The van der Waals surface area contributed by atoms with Gasteiger partial charge in [0.2, 0.25) is 5.91 Å². The lowest BCUT2D eigenvalue weighted by molar-refractivity contribution is -0.906. The van der Waals surface area contributed by atoms with Gasteiger partial charge in [-0.05, 0) is 0 Å². The molecule has 2 heterocycles. The van der Waals surface area contributed by atoms with Gasteiger partial charge in [0.15, 0.2) is 0 Å². The number of aromatic nitrogens is 3. The van der Waals surface area contributed by atoms with E-state index in [1.54, 1.807) is 0 Å². The average Bonchev–Trinajstić information content (AvgIpc) is 2.86. The Morgan fingerprint density at radius 2 is 2.16 bits per heavy atom. The number of primary amides is 1. The summed E-state index contributed by atoms with van der Waals surface area (Å²) in [5.41, 5.74) is 5.13. The quantitative estimate of drug-likeness (QED) is 0.572. The molecule has 1 amide bonds. The molecule has 2 rings (SSSR count). The number of nitrogens with two attached hydrogens (primary N) is 1. The zero-order valence-electron chi connectivity index (χ0n) is 10.5. The van der Waals surface area contributed by atoms with E-state index in [4.69, 9.17) is 5.73 Å². The van der Waals surface area contributed by atoms with Gasteiger partial charge in [-0.25, -0.2) is 4.68 Å². The van der Waals surface area contributed by atoms with Gasteiger partial charge in [0.1, 0.15) is 5.69 Å². The Morgan fingerprint density at radius 3 is 2.68 bits per heavy atom.